The van der Waals surface area contributed by atoms with Gasteiger partial charge in [-0.15, -0.1) is 0 Å². The maximum Gasteiger partial charge on any atom is 0.160 e. The van der Waals surface area contributed by atoms with E-state index in [-0.39, 0.29) is 11.4 Å². The van der Waals surface area contributed by atoms with Gasteiger partial charge in [0.2, 0.25) is 0 Å². The number of nitrogens with two attached hydrogens (primary N) is 1. The van der Waals surface area contributed by atoms with Gasteiger partial charge < -0.3 is 19.9 Å². The number of phenolic OH excluding ortho intramolecular Hbond substituents is 1. The van der Waals surface area contributed by atoms with E-state index in [1.807, 2.05) is 12.1 Å². The van der Waals surface area contributed by atoms with E-state index in [1.54, 1.807) is 13.2 Å². The van der Waals surface area contributed by atoms with Crippen molar-refractivity contribution in [1.82, 2.24) is 0 Å². The molecule has 0 aromatic heterocycles. The Hall–Kier alpha value is -1.26. The van der Waals surface area contributed by atoms with Gasteiger partial charge in [0, 0.05) is 18.4 Å². The van der Waals surface area contributed by atoms with Crippen molar-refractivity contribution in [2.24, 2.45) is 0 Å². The number of ether oxygens (including phenoxy) is 2. The molecule has 2 rings (SSSR count). The number of aromatic hydroxyl groups is 1. The molecule has 1 aliphatic rings. The van der Waals surface area contributed by atoms with Crippen LogP contribution in [0.5, 0.6) is 11.5 Å². The van der Waals surface area contributed by atoms with Gasteiger partial charge in [-0.25, -0.2) is 0 Å². The molecule has 0 aliphatic carbocycles. The zero-order chi connectivity index (χ0) is 13.9. The zero-order valence-corrected chi connectivity index (χ0v) is 12.0. The monoisotopic (exact) mass is 266 g/mol. The van der Waals surface area contributed by atoms with Gasteiger partial charge in [0.05, 0.1) is 25.4 Å². The maximum atomic E-state index is 9.57. The lowest BCUT2D eigenvalue weighted by Gasteiger charge is -2.34. The summed E-state index contributed by atoms with van der Waals surface area (Å²) in [4.78, 5) is 0. The number of hydrogen-bond acceptors (Lipinski definition) is 3. The summed E-state index contributed by atoms with van der Waals surface area (Å²) in [5, 5.41) is 11.9. The zero-order valence-electron chi connectivity index (χ0n) is 12.0. The summed E-state index contributed by atoms with van der Waals surface area (Å²) in [6, 6.07) is 6.13. The molecule has 0 unspecified atom stereocenters. The Morgan fingerprint density at radius 2 is 2.26 bits per heavy atom. The largest absolute Gasteiger partial charge is 0.504 e. The van der Waals surface area contributed by atoms with Gasteiger partial charge in [-0.2, -0.15) is 0 Å². The van der Waals surface area contributed by atoms with Crippen LogP contribution in [0.4, 0.5) is 0 Å². The third-order valence-electron chi connectivity index (χ3n) is 3.67. The van der Waals surface area contributed by atoms with Crippen molar-refractivity contribution in [2.45, 2.75) is 44.9 Å². The van der Waals surface area contributed by atoms with Crippen molar-refractivity contribution in [3.63, 3.8) is 0 Å². The first-order chi connectivity index (χ1) is 9.00. The summed E-state index contributed by atoms with van der Waals surface area (Å²) in [7, 11) is 1.57. The first-order valence-corrected chi connectivity index (χ1v) is 6.83. The second-order valence-corrected chi connectivity index (χ2v) is 5.81. The van der Waals surface area contributed by atoms with Crippen molar-refractivity contribution >= 4 is 0 Å². The van der Waals surface area contributed by atoms with Crippen LogP contribution in [-0.2, 0) is 11.3 Å². The van der Waals surface area contributed by atoms with E-state index in [0.29, 0.717) is 11.8 Å². The molecule has 0 bridgehead atoms. The summed E-state index contributed by atoms with van der Waals surface area (Å²) in [5.74, 6) is 0.733. The summed E-state index contributed by atoms with van der Waals surface area (Å²) < 4.78 is 10.9. The van der Waals surface area contributed by atoms with Crippen molar-refractivity contribution in [3.05, 3.63) is 23.8 Å². The smallest absolute Gasteiger partial charge is 0.160 e. The van der Waals surface area contributed by atoms with Crippen LogP contribution < -0.4 is 10.1 Å². The van der Waals surface area contributed by atoms with E-state index in [0.717, 1.165) is 26.0 Å². The Kier molecular flexibility index (Phi) is 4.32. The molecule has 4 nitrogen and oxygen atoms in total. The van der Waals surface area contributed by atoms with Crippen LogP contribution in [0.15, 0.2) is 18.2 Å². The van der Waals surface area contributed by atoms with E-state index < -0.39 is 0 Å². The van der Waals surface area contributed by atoms with Crippen molar-refractivity contribution in [2.75, 3.05) is 13.7 Å². The Bertz CT molecular complexity index is 431. The molecule has 0 saturated carbocycles. The minimum Gasteiger partial charge on any atom is -0.504 e. The van der Waals surface area contributed by atoms with Crippen LogP contribution in [0.2, 0.25) is 0 Å². The molecule has 1 heterocycles. The number of benzene rings is 1. The topological polar surface area (TPSA) is 55.3 Å². The second kappa shape index (κ2) is 5.80. The standard InChI is InChI=1S/C15H23NO3/c1-15(2)9-12(6-7-19-15)16-10-11-4-5-13(17)14(8-11)18-3/h4-5,8,12,16-17H,6-7,9-10H2,1-3H3/p+1/t12-/m0/s1. The molecule has 0 spiro atoms. The fraction of sp³-hybridized carbons (Fsp3) is 0.600. The minimum atomic E-state index is -0.00787. The molecular weight excluding hydrogens is 242 g/mol. The van der Waals surface area contributed by atoms with Crippen LogP contribution in [0.3, 0.4) is 0 Å². The van der Waals surface area contributed by atoms with Gasteiger partial charge in [0.1, 0.15) is 6.54 Å². The minimum absolute atomic E-state index is 0.00787. The highest BCUT2D eigenvalue weighted by Crippen LogP contribution is 2.26. The first-order valence-electron chi connectivity index (χ1n) is 6.83. The van der Waals surface area contributed by atoms with Crippen LogP contribution in [0, 0.1) is 0 Å². The quantitative estimate of drug-likeness (QED) is 0.866. The van der Waals surface area contributed by atoms with Gasteiger partial charge in [-0.05, 0) is 32.0 Å². The molecule has 3 N–H and O–H groups in total. The Labute approximate surface area is 114 Å². The van der Waals surface area contributed by atoms with Gasteiger partial charge in [-0.3, -0.25) is 0 Å². The summed E-state index contributed by atoms with van der Waals surface area (Å²) in [6.45, 7) is 6.04. The van der Waals surface area contributed by atoms with Crippen LogP contribution in [0.25, 0.3) is 0 Å². The number of phenols is 1. The molecule has 0 amide bonds. The Balaban J connectivity index is 1.91. The van der Waals surface area contributed by atoms with Crippen LogP contribution in [0.1, 0.15) is 32.3 Å². The van der Waals surface area contributed by atoms with E-state index in [2.05, 4.69) is 19.2 Å². The predicted octanol–water partition coefficient (Wildman–Crippen LogP) is 1.42. The fourth-order valence-corrected chi connectivity index (χ4v) is 2.63. The molecule has 19 heavy (non-hydrogen) atoms. The van der Waals surface area contributed by atoms with Crippen molar-refractivity contribution < 1.29 is 19.9 Å². The van der Waals surface area contributed by atoms with Gasteiger partial charge in [0.25, 0.3) is 0 Å². The van der Waals surface area contributed by atoms with Gasteiger partial charge in [0.15, 0.2) is 11.5 Å². The molecule has 1 fully saturated rings. The van der Waals surface area contributed by atoms with Gasteiger partial charge >= 0.3 is 0 Å². The number of methoxy groups -OCH3 is 1. The first kappa shape index (κ1) is 14.2. The third kappa shape index (κ3) is 3.85. The molecule has 1 aromatic rings. The molecule has 1 saturated heterocycles. The molecular formula is C15H24NO3+. The molecule has 0 radical (unpaired) electrons. The summed E-state index contributed by atoms with van der Waals surface area (Å²) in [6.07, 6.45) is 2.17. The van der Waals surface area contributed by atoms with E-state index >= 15 is 0 Å². The number of rotatable bonds is 4. The number of hydrogen-bond donors (Lipinski definition) is 2. The SMILES string of the molecule is COc1cc(C[NH2+][C@H]2CCOC(C)(C)C2)ccc1O. The highest BCUT2D eigenvalue weighted by atomic mass is 16.5. The number of quaternary nitrogens is 1. The summed E-state index contributed by atoms with van der Waals surface area (Å²) in [5.41, 5.74) is 1.16. The van der Waals surface area contributed by atoms with Crippen molar-refractivity contribution in [1.29, 1.82) is 0 Å². The highest BCUT2D eigenvalue weighted by Gasteiger charge is 2.30. The van der Waals surface area contributed by atoms with E-state index in [4.69, 9.17) is 9.47 Å². The molecule has 1 aromatic carbocycles. The molecule has 4 heteroatoms. The van der Waals surface area contributed by atoms with Crippen molar-refractivity contribution in [3.8, 4) is 11.5 Å². The van der Waals surface area contributed by atoms with E-state index in [9.17, 15) is 5.11 Å². The molecule has 1 aliphatic heterocycles. The van der Waals surface area contributed by atoms with Crippen LogP contribution >= 0.6 is 0 Å². The normalized spacial score (nSPS) is 22.2. The second-order valence-electron chi connectivity index (χ2n) is 5.81. The average molecular weight is 266 g/mol. The Morgan fingerprint density at radius 3 is 2.95 bits per heavy atom. The fourth-order valence-electron chi connectivity index (χ4n) is 2.63. The maximum absolute atomic E-state index is 9.57. The molecule has 1 atom stereocenters. The average Bonchev–Trinajstić information content (AvgIpc) is 2.36. The lowest BCUT2D eigenvalue weighted by Crippen LogP contribution is -2.89. The summed E-state index contributed by atoms with van der Waals surface area (Å²) >= 11 is 0. The third-order valence-corrected chi connectivity index (χ3v) is 3.67. The predicted molar refractivity (Wildman–Crippen MR) is 73.3 cm³/mol. The molecule has 106 valence electrons. The van der Waals surface area contributed by atoms with E-state index in [1.165, 1.54) is 5.56 Å². The lowest BCUT2D eigenvalue weighted by atomic mass is 9.94. The van der Waals surface area contributed by atoms with Crippen LogP contribution in [-0.4, -0.2) is 30.5 Å². The highest BCUT2D eigenvalue weighted by molar-refractivity contribution is 5.41. The lowest BCUT2D eigenvalue weighted by molar-refractivity contribution is -0.709. The Morgan fingerprint density at radius 1 is 1.47 bits per heavy atom. The van der Waals surface area contributed by atoms with Gasteiger partial charge in [-0.1, -0.05) is 0 Å².